The minimum Gasteiger partial charge on any atom is 0 e. The van der Waals surface area contributed by atoms with Crippen LogP contribution in [0.15, 0.2) is 0 Å². The zero-order valence-electron chi connectivity index (χ0n) is 5.74. The van der Waals surface area contributed by atoms with Gasteiger partial charge in [-0.15, -0.1) is 0 Å². The summed E-state index contributed by atoms with van der Waals surface area (Å²) in [4.78, 5) is 10.1. The number of nitrogens with two attached hydrogens (primary N) is 1. The summed E-state index contributed by atoms with van der Waals surface area (Å²) in [5.41, 5.74) is 5.21. The van der Waals surface area contributed by atoms with Gasteiger partial charge in [-0.05, 0) is 0 Å². The van der Waals surface area contributed by atoms with Gasteiger partial charge >= 0.3 is 60.2 Å². The predicted octanol–water partition coefficient (Wildman–Crippen LogP) is -0.0435. The molecule has 5 heteroatoms. The summed E-state index contributed by atoms with van der Waals surface area (Å²) in [6.07, 6.45) is 0.617. The van der Waals surface area contributed by atoms with E-state index in [2.05, 4.69) is 5.82 Å². The van der Waals surface area contributed by atoms with E-state index in [4.69, 9.17) is 10.8 Å². The summed E-state index contributed by atoms with van der Waals surface area (Å²) < 4.78 is 0. The van der Waals surface area contributed by atoms with E-state index in [-0.39, 0.29) is 17.4 Å². The number of carbonyl (C=O) groups is 1. The molecule has 0 fully saturated rings. The van der Waals surface area contributed by atoms with Crippen molar-refractivity contribution in [2.45, 2.75) is 23.6 Å². The smallest absolute Gasteiger partial charge is 0 e. The van der Waals surface area contributed by atoms with Gasteiger partial charge in [0.15, 0.2) is 0 Å². The molecule has 3 N–H and O–H groups in total. The van der Waals surface area contributed by atoms with Crippen LogP contribution in [0.2, 0.25) is 11.1 Å². The Balaban J connectivity index is 0. The Bertz CT molecular complexity index is 102. The Morgan fingerprint density at radius 2 is 2.30 bits per heavy atom. The molecule has 0 aliphatic heterocycles. The number of carboxylic acids is 1. The molecule has 0 aromatic heterocycles. The van der Waals surface area contributed by atoms with Crippen LogP contribution in [0.1, 0.15) is 6.42 Å². The molecule has 0 bridgehead atoms. The van der Waals surface area contributed by atoms with Crippen molar-refractivity contribution in [2.24, 2.45) is 5.73 Å². The van der Waals surface area contributed by atoms with Crippen molar-refractivity contribution in [3.8, 4) is 0 Å². The third-order valence-corrected chi connectivity index (χ3v) is 2.30. The molecule has 0 radical (unpaired) electrons. The van der Waals surface area contributed by atoms with E-state index in [0.29, 0.717) is 21.4 Å². The van der Waals surface area contributed by atoms with Crippen LogP contribution in [0, 0.1) is 0 Å². The van der Waals surface area contributed by atoms with Crippen LogP contribution in [0.5, 0.6) is 0 Å². The molecule has 10 heavy (non-hydrogen) atoms. The number of aliphatic carboxylic acids is 1. The van der Waals surface area contributed by atoms with Crippen LogP contribution in [-0.4, -0.2) is 32.1 Å². The summed E-state index contributed by atoms with van der Waals surface area (Å²) in [6, 6.07) is -0.646. The molecule has 0 saturated heterocycles. The molecular formula is C5H11CrNO2Se. The van der Waals surface area contributed by atoms with Gasteiger partial charge in [-0.3, -0.25) is 0 Å². The molecule has 60 valence electrons. The first-order chi connectivity index (χ1) is 4.18. The molecule has 0 aliphatic rings. The normalized spacial score (nSPS) is 11.8. The predicted molar refractivity (Wildman–Crippen MR) is 36.7 cm³/mol. The number of hydrogen-bond donors (Lipinski definition) is 2. The number of hydrogen-bond acceptors (Lipinski definition) is 2. The molecule has 0 rings (SSSR count). The van der Waals surface area contributed by atoms with Gasteiger partial charge in [0.05, 0.1) is 0 Å². The first-order valence-corrected chi connectivity index (χ1v) is 5.58. The van der Waals surface area contributed by atoms with Crippen LogP contribution in [0.4, 0.5) is 0 Å². The fourth-order valence-electron chi connectivity index (χ4n) is 0.368. The molecule has 0 aliphatic carbocycles. The van der Waals surface area contributed by atoms with E-state index in [1.807, 2.05) is 0 Å². The molecule has 1 atom stereocenters. The van der Waals surface area contributed by atoms with Crippen molar-refractivity contribution in [3.63, 3.8) is 0 Å². The SMILES string of the molecule is C[Se]CCC(N)C(=O)O.[Cr]. The Kier molecular flexibility index (Phi) is 9.94. The summed E-state index contributed by atoms with van der Waals surface area (Å²) in [7, 11) is 0. The first kappa shape index (κ1) is 13.1. The van der Waals surface area contributed by atoms with Crippen LogP contribution >= 0.6 is 0 Å². The fourth-order valence-corrected chi connectivity index (χ4v) is 1.40. The second-order valence-corrected chi connectivity index (χ2v) is 3.79. The largest absolute Gasteiger partial charge is 0 e. The van der Waals surface area contributed by atoms with E-state index < -0.39 is 12.0 Å². The molecule has 3 nitrogen and oxygen atoms in total. The van der Waals surface area contributed by atoms with Crippen molar-refractivity contribution < 1.29 is 27.3 Å². The van der Waals surface area contributed by atoms with Crippen molar-refractivity contribution in [1.82, 2.24) is 0 Å². The minimum atomic E-state index is -0.890. The van der Waals surface area contributed by atoms with Crippen molar-refractivity contribution in [2.75, 3.05) is 0 Å². The third-order valence-electron chi connectivity index (χ3n) is 0.950. The summed E-state index contributed by atoms with van der Waals surface area (Å²) in [6.45, 7) is 0. The zero-order valence-corrected chi connectivity index (χ0v) is 8.73. The van der Waals surface area contributed by atoms with Crippen molar-refractivity contribution >= 4 is 20.9 Å². The Labute approximate surface area is 77.6 Å². The quantitative estimate of drug-likeness (QED) is 0.686. The van der Waals surface area contributed by atoms with Gasteiger partial charge < -0.3 is 0 Å². The summed E-state index contributed by atoms with van der Waals surface area (Å²) in [5.74, 6) is 1.18. The maximum Gasteiger partial charge on any atom is 0 e. The molecule has 0 spiro atoms. The average molecular weight is 248 g/mol. The minimum absolute atomic E-state index is 0. The van der Waals surface area contributed by atoms with Crippen LogP contribution in [0.25, 0.3) is 0 Å². The molecule has 0 saturated carbocycles. The summed E-state index contributed by atoms with van der Waals surface area (Å²) >= 11 is 0.549. The van der Waals surface area contributed by atoms with Crippen LogP contribution in [0.3, 0.4) is 0 Å². The van der Waals surface area contributed by atoms with Crippen molar-refractivity contribution in [3.05, 3.63) is 0 Å². The van der Waals surface area contributed by atoms with E-state index in [0.717, 1.165) is 5.32 Å². The maximum atomic E-state index is 10.1. The Morgan fingerprint density at radius 1 is 1.80 bits per heavy atom. The third kappa shape index (κ3) is 6.60. The fraction of sp³-hybridized carbons (Fsp3) is 0.800. The monoisotopic (exact) mass is 249 g/mol. The van der Waals surface area contributed by atoms with E-state index >= 15 is 0 Å². The Morgan fingerprint density at radius 3 is 2.60 bits per heavy atom. The maximum absolute atomic E-state index is 10.1. The van der Waals surface area contributed by atoms with Gasteiger partial charge in [0.2, 0.25) is 0 Å². The van der Waals surface area contributed by atoms with Crippen LogP contribution in [-0.2, 0) is 22.2 Å². The second-order valence-electron chi connectivity index (χ2n) is 1.73. The van der Waals surface area contributed by atoms with Gasteiger partial charge in [0.25, 0.3) is 0 Å². The second kappa shape index (κ2) is 7.59. The number of rotatable bonds is 4. The van der Waals surface area contributed by atoms with E-state index in [9.17, 15) is 4.79 Å². The van der Waals surface area contributed by atoms with Gasteiger partial charge in [-0.1, -0.05) is 0 Å². The first-order valence-electron chi connectivity index (χ1n) is 2.65. The topological polar surface area (TPSA) is 63.3 Å². The molecule has 0 aromatic carbocycles. The molecule has 0 aromatic rings. The molecule has 0 heterocycles. The summed E-state index contributed by atoms with van der Waals surface area (Å²) in [5, 5.41) is 9.25. The number of carboxylic acid groups (broad SMARTS) is 1. The van der Waals surface area contributed by atoms with Crippen LogP contribution < -0.4 is 5.73 Å². The van der Waals surface area contributed by atoms with E-state index in [1.165, 1.54) is 0 Å². The molecular weight excluding hydrogens is 237 g/mol. The average Bonchev–Trinajstić information content (AvgIpc) is 1.82. The van der Waals surface area contributed by atoms with Gasteiger partial charge in [-0.25, -0.2) is 0 Å². The van der Waals surface area contributed by atoms with E-state index in [1.54, 1.807) is 0 Å². The van der Waals surface area contributed by atoms with Gasteiger partial charge in [0.1, 0.15) is 0 Å². The zero-order chi connectivity index (χ0) is 7.28. The van der Waals surface area contributed by atoms with Gasteiger partial charge in [0, 0.05) is 17.4 Å². The standard InChI is InChI=1S/C5H11NO2Se.Cr/c1-9-3-2-4(6)5(7)8;/h4H,2-3,6H2,1H3,(H,7,8);. The van der Waals surface area contributed by atoms with Gasteiger partial charge in [-0.2, -0.15) is 0 Å². The molecule has 0 amide bonds. The Hall–Kier alpha value is 0.482. The molecule has 1 unspecified atom stereocenters. The van der Waals surface area contributed by atoms with Crippen molar-refractivity contribution in [1.29, 1.82) is 0 Å².